The van der Waals surface area contributed by atoms with Crippen molar-refractivity contribution in [3.8, 4) is 6.07 Å². The third-order valence-electron chi connectivity index (χ3n) is 3.37. The molecule has 2 N–H and O–H groups in total. The van der Waals surface area contributed by atoms with Gasteiger partial charge in [0.1, 0.15) is 17.9 Å². The Morgan fingerprint density at radius 3 is 3.00 bits per heavy atom. The third kappa shape index (κ3) is 2.41. The summed E-state index contributed by atoms with van der Waals surface area (Å²) >= 11 is 0. The van der Waals surface area contributed by atoms with E-state index in [-0.39, 0.29) is 11.9 Å². The van der Waals surface area contributed by atoms with Gasteiger partial charge < -0.3 is 15.2 Å². The maximum Gasteiger partial charge on any atom is 0.290 e. The van der Waals surface area contributed by atoms with E-state index < -0.39 is 5.91 Å². The van der Waals surface area contributed by atoms with Crippen molar-refractivity contribution in [2.75, 3.05) is 11.4 Å². The first-order valence-corrected chi connectivity index (χ1v) is 6.45. The van der Waals surface area contributed by atoms with Gasteiger partial charge in [0.05, 0.1) is 5.56 Å². The fourth-order valence-electron chi connectivity index (χ4n) is 2.39. The van der Waals surface area contributed by atoms with Gasteiger partial charge in [-0.15, -0.1) is 0 Å². The number of nitrogens with two attached hydrogens (primary N) is 1. The molecule has 1 saturated heterocycles. The molecule has 1 amide bonds. The lowest BCUT2D eigenvalue weighted by Crippen LogP contribution is -2.24. The molecule has 0 aromatic carbocycles. The predicted molar refractivity (Wildman–Crippen MR) is 71.1 cm³/mol. The molecule has 2 aromatic heterocycles. The average molecular weight is 284 g/mol. The Bertz CT molecular complexity index is 702. The number of hydrogen-bond donors (Lipinski definition) is 1. The molecule has 1 aliphatic rings. The molecule has 0 bridgehead atoms. The van der Waals surface area contributed by atoms with Crippen molar-refractivity contribution < 1.29 is 9.32 Å². The van der Waals surface area contributed by atoms with E-state index >= 15 is 0 Å². The molecule has 1 fully saturated rings. The lowest BCUT2D eigenvalue weighted by Gasteiger charge is -2.22. The molecule has 0 radical (unpaired) electrons. The first-order chi connectivity index (χ1) is 10.2. The van der Waals surface area contributed by atoms with Gasteiger partial charge in [0.15, 0.2) is 0 Å². The number of pyridine rings is 1. The largest absolute Gasteiger partial charge is 0.363 e. The van der Waals surface area contributed by atoms with Crippen molar-refractivity contribution in [1.82, 2.24) is 15.1 Å². The number of rotatable bonds is 3. The standard InChI is InChI=1S/C13H12N6O2/c14-6-8-3-4-10(16-7-8)19-5-1-2-9(19)13-17-12(11(15)20)18-21-13/h3-4,7,9H,1-2,5H2,(H2,15,20)/t9-/m0/s1. The van der Waals surface area contributed by atoms with E-state index in [1.54, 1.807) is 12.1 Å². The van der Waals surface area contributed by atoms with Gasteiger partial charge in [-0.05, 0) is 25.0 Å². The summed E-state index contributed by atoms with van der Waals surface area (Å²) in [7, 11) is 0. The molecule has 3 heterocycles. The number of nitriles is 1. The van der Waals surface area contributed by atoms with Crippen molar-refractivity contribution in [2.24, 2.45) is 5.73 Å². The number of hydrogen-bond acceptors (Lipinski definition) is 7. The molecule has 1 aliphatic heterocycles. The Kier molecular flexibility index (Phi) is 3.23. The fraction of sp³-hybridized carbons (Fsp3) is 0.308. The predicted octanol–water partition coefficient (Wildman–Crippen LogP) is 0.777. The van der Waals surface area contributed by atoms with E-state index in [0.717, 1.165) is 25.2 Å². The highest BCUT2D eigenvalue weighted by Gasteiger charge is 2.32. The second-order valence-electron chi connectivity index (χ2n) is 4.69. The number of anilines is 1. The quantitative estimate of drug-likeness (QED) is 0.883. The van der Waals surface area contributed by atoms with Crippen LogP contribution in [0.1, 0.15) is 41.0 Å². The van der Waals surface area contributed by atoms with Crippen molar-refractivity contribution in [3.05, 3.63) is 35.6 Å². The number of carbonyl (C=O) groups excluding carboxylic acids is 1. The number of primary amides is 1. The molecule has 0 saturated carbocycles. The molecule has 3 rings (SSSR count). The second-order valence-corrected chi connectivity index (χ2v) is 4.69. The summed E-state index contributed by atoms with van der Waals surface area (Å²) in [5.74, 6) is 0.249. The van der Waals surface area contributed by atoms with Crippen LogP contribution < -0.4 is 10.6 Å². The minimum atomic E-state index is -0.717. The summed E-state index contributed by atoms with van der Waals surface area (Å²) in [4.78, 5) is 21.3. The summed E-state index contributed by atoms with van der Waals surface area (Å²) in [6.45, 7) is 0.790. The van der Waals surface area contributed by atoms with Crippen molar-refractivity contribution in [3.63, 3.8) is 0 Å². The topological polar surface area (TPSA) is 122 Å². The Morgan fingerprint density at radius 2 is 2.38 bits per heavy atom. The average Bonchev–Trinajstić information content (AvgIpc) is 3.16. The van der Waals surface area contributed by atoms with Crippen LogP contribution in [0, 0.1) is 11.3 Å². The molecule has 1 atom stereocenters. The van der Waals surface area contributed by atoms with E-state index in [4.69, 9.17) is 15.5 Å². The fourth-order valence-corrected chi connectivity index (χ4v) is 2.39. The van der Waals surface area contributed by atoms with Crippen LogP contribution in [0.3, 0.4) is 0 Å². The van der Waals surface area contributed by atoms with Crippen LogP contribution in [0.2, 0.25) is 0 Å². The molecule has 8 heteroatoms. The highest BCUT2D eigenvalue weighted by Crippen LogP contribution is 2.34. The molecular weight excluding hydrogens is 272 g/mol. The zero-order valence-corrected chi connectivity index (χ0v) is 11.1. The molecule has 8 nitrogen and oxygen atoms in total. The highest BCUT2D eigenvalue weighted by molar-refractivity contribution is 5.88. The SMILES string of the molecule is N#Cc1ccc(N2CCC[C@H]2c2nc(C(N)=O)no2)nc1. The van der Waals surface area contributed by atoms with Crippen molar-refractivity contribution in [1.29, 1.82) is 5.26 Å². The Hall–Kier alpha value is -2.95. The van der Waals surface area contributed by atoms with Crippen molar-refractivity contribution >= 4 is 11.7 Å². The minimum Gasteiger partial charge on any atom is -0.363 e. The second kappa shape index (κ2) is 5.20. The van der Waals surface area contributed by atoms with Gasteiger partial charge in [-0.25, -0.2) is 4.98 Å². The first kappa shape index (κ1) is 13.1. The zero-order chi connectivity index (χ0) is 14.8. The summed E-state index contributed by atoms with van der Waals surface area (Å²) in [5.41, 5.74) is 5.63. The number of carbonyl (C=O) groups is 1. The summed E-state index contributed by atoms with van der Waals surface area (Å²) < 4.78 is 5.12. The minimum absolute atomic E-state index is 0.121. The molecule has 0 unspecified atom stereocenters. The van der Waals surface area contributed by atoms with Crippen LogP contribution in [-0.4, -0.2) is 27.6 Å². The van der Waals surface area contributed by atoms with E-state index in [2.05, 4.69) is 15.1 Å². The molecule has 106 valence electrons. The first-order valence-electron chi connectivity index (χ1n) is 6.45. The van der Waals surface area contributed by atoms with E-state index in [9.17, 15) is 4.79 Å². The van der Waals surface area contributed by atoms with E-state index in [0.29, 0.717) is 11.5 Å². The van der Waals surface area contributed by atoms with Gasteiger partial charge in [-0.3, -0.25) is 4.79 Å². The summed E-state index contributed by atoms with van der Waals surface area (Å²) in [6.07, 6.45) is 3.29. The van der Waals surface area contributed by atoms with E-state index in [1.807, 2.05) is 11.0 Å². The van der Waals surface area contributed by atoms with Gasteiger partial charge >= 0.3 is 0 Å². The van der Waals surface area contributed by atoms with Gasteiger partial charge in [0.25, 0.3) is 11.7 Å². The highest BCUT2D eigenvalue weighted by atomic mass is 16.5. The third-order valence-corrected chi connectivity index (χ3v) is 3.37. The van der Waals surface area contributed by atoms with Crippen LogP contribution in [0.5, 0.6) is 0 Å². The monoisotopic (exact) mass is 284 g/mol. The molecule has 21 heavy (non-hydrogen) atoms. The van der Waals surface area contributed by atoms with Crippen LogP contribution in [0.15, 0.2) is 22.9 Å². The lowest BCUT2D eigenvalue weighted by molar-refractivity contribution is 0.0987. The summed E-state index contributed by atoms with van der Waals surface area (Å²) in [6, 6.07) is 5.39. The Labute approximate surface area is 120 Å². The van der Waals surface area contributed by atoms with Gasteiger partial charge in [0.2, 0.25) is 5.89 Å². The maximum atomic E-state index is 11.0. The number of nitrogens with zero attached hydrogens (tertiary/aromatic N) is 5. The molecular formula is C13H12N6O2. The molecule has 0 spiro atoms. The lowest BCUT2D eigenvalue weighted by atomic mass is 10.2. The molecule has 2 aromatic rings. The van der Waals surface area contributed by atoms with Gasteiger partial charge in [0, 0.05) is 12.7 Å². The Morgan fingerprint density at radius 1 is 1.52 bits per heavy atom. The van der Waals surface area contributed by atoms with Crippen LogP contribution in [-0.2, 0) is 0 Å². The number of amides is 1. The zero-order valence-electron chi connectivity index (χ0n) is 11.1. The smallest absolute Gasteiger partial charge is 0.290 e. The van der Waals surface area contributed by atoms with Gasteiger partial charge in [-0.1, -0.05) is 5.16 Å². The van der Waals surface area contributed by atoms with Crippen LogP contribution >= 0.6 is 0 Å². The van der Waals surface area contributed by atoms with Crippen molar-refractivity contribution in [2.45, 2.75) is 18.9 Å². The summed E-state index contributed by atoms with van der Waals surface area (Å²) in [5, 5.41) is 12.4. The Balaban J connectivity index is 1.87. The maximum absolute atomic E-state index is 11.0. The van der Waals surface area contributed by atoms with Crippen LogP contribution in [0.4, 0.5) is 5.82 Å². The molecule has 0 aliphatic carbocycles. The van der Waals surface area contributed by atoms with Gasteiger partial charge in [-0.2, -0.15) is 10.2 Å². The van der Waals surface area contributed by atoms with E-state index in [1.165, 1.54) is 6.20 Å². The van der Waals surface area contributed by atoms with Crippen LogP contribution in [0.25, 0.3) is 0 Å². The normalized spacial score (nSPS) is 17.7. The number of aromatic nitrogens is 3.